The summed E-state index contributed by atoms with van der Waals surface area (Å²) in [7, 11) is 0. The summed E-state index contributed by atoms with van der Waals surface area (Å²) in [6, 6.07) is 9.87. The van der Waals surface area contributed by atoms with E-state index in [9.17, 15) is 8.78 Å². The number of rotatable bonds is 5. The quantitative estimate of drug-likeness (QED) is 0.897. The molecule has 0 heterocycles. The van der Waals surface area contributed by atoms with Gasteiger partial charge in [-0.1, -0.05) is 28.1 Å². The molecular formula is C15H14BrF2NO. The molecule has 0 saturated heterocycles. The summed E-state index contributed by atoms with van der Waals surface area (Å²) in [6.07, 6.45) is 0.430. The summed E-state index contributed by atoms with van der Waals surface area (Å²) in [5.74, 6) is -1.77. The third kappa shape index (κ3) is 3.77. The first-order chi connectivity index (χ1) is 9.60. The van der Waals surface area contributed by atoms with Crippen molar-refractivity contribution in [2.45, 2.75) is 13.0 Å². The van der Waals surface area contributed by atoms with Crippen molar-refractivity contribution in [2.24, 2.45) is 5.73 Å². The van der Waals surface area contributed by atoms with Crippen LogP contribution in [0.4, 0.5) is 8.78 Å². The molecule has 0 saturated carbocycles. The summed E-state index contributed by atoms with van der Waals surface area (Å²) in [5.41, 5.74) is 6.72. The molecule has 0 aliphatic heterocycles. The highest BCUT2D eigenvalue weighted by atomic mass is 79.9. The molecule has 2 rings (SSSR count). The number of hydrogen-bond donors (Lipinski definition) is 1. The van der Waals surface area contributed by atoms with E-state index in [-0.39, 0.29) is 12.4 Å². The van der Waals surface area contributed by atoms with Gasteiger partial charge in [0.25, 0.3) is 0 Å². The summed E-state index contributed by atoms with van der Waals surface area (Å²) in [5, 5.41) is 0. The number of benzene rings is 2. The van der Waals surface area contributed by atoms with E-state index in [0.717, 1.165) is 10.0 Å². The van der Waals surface area contributed by atoms with Gasteiger partial charge in [-0.15, -0.1) is 0 Å². The highest BCUT2D eigenvalue weighted by Crippen LogP contribution is 2.25. The number of nitrogens with two attached hydrogens (primary N) is 1. The van der Waals surface area contributed by atoms with Crippen LogP contribution in [0.1, 0.15) is 11.1 Å². The van der Waals surface area contributed by atoms with Crippen molar-refractivity contribution in [2.75, 3.05) is 6.54 Å². The molecule has 2 aromatic rings. The second-order valence-electron chi connectivity index (χ2n) is 4.35. The van der Waals surface area contributed by atoms with Crippen LogP contribution in [-0.4, -0.2) is 6.54 Å². The van der Waals surface area contributed by atoms with Crippen LogP contribution < -0.4 is 10.5 Å². The minimum atomic E-state index is -0.705. The van der Waals surface area contributed by atoms with Crippen molar-refractivity contribution in [3.63, 3.8) is 0 Å². The van der Waals surface area contributed by atoms with Gasteiger partial charge in [0.2, 0.25) is 0 Å². The highest BCUT2D eigenvalue weighted by Gasteiger charge is 2.12. The predicted octanol–water partition coefficient (Wildman–Crippen LogP) is 3.81. The Bertz CT molecular complexity index is 581. The van der Waals surface area contributed by atoms with Crippen LogP contribution in [-0.2, 0) is 13.0 Å². The van der Waals surface area contributed by atoms with Crippen LogP contribution in [0.5, 0.6) is 5.75 Å². The lowest BCUT2D eigenvalue weighted by molar-refractivity contribution is 0.274. The minimum Gasteiger partial charge on any atom is -0.483 e. The van der Waals surface area contributed by atoms with Crippen LogP contribution in [0.3, 0.4) is 0 Å². The SMILES string of the molecule is NCCc1cc(F)c(OCc2cccc(Br)c2)c(F)c1. The van der Waals surface area contributed by atoms with Gasteiger partial charge >= 0.3 is 0 Å². The second-order valence-corrected chi connectivity index (χ2v) is 5.26. The predicted molar refractivity (Wildman–Crippen MR) is 77.6 cm³/mol. The molecule has 0 atom stereocenters. The lowest BCUT2D eigenvalue weighted by Gasteiger charge is -2.10. The molecule has 0 spiro atoms. The lowest BCUT2D eigenvalue weighted by Crippen LogP contribution is -2.05. The molecular weight excluding hydrogens is 328 g/mol. The third-order valence-corrected chi connectivity index (χ3v) is 3.26. The van der Waals surface area contributed by atoms with Crippen molar-refractivity contribution in [3.8, 4) is 5.75 Å². The smallest absolute Gasteiger partial charge is 0.191 e. The first-order valence-corrected chi connectivity index (χ1v) is 6.94. The Balaban J connectivity index is 2.13. The maximum absolute atomic E-state index is 13.8. The van der Waals surface area contributed by atoms with E-state index < -0.39 is 11.6 Å². The van der Waals surface area contributed by atoms with Gasteiger partial charge in [-0.25, -0.2) is 8.78 Å². The van der Waals surface area contributed by atoms with E-state index >= 15 is 0 Å². The molecule has 2 nitrogen and oxygen atoms in total. The van der Waals surface area contributed by atoms with Crippen molar-refractivity contribution in [3.05, 3.63) is 63.6 Å². The highest BCUT2D eigenvalue weighted by molar-refractivity contribution is 9.10. The number of halogens is 3. The third-order valence-electron chi connectivity index (χ3n) is 2.76. The van der Waals surface area contributed by atoms with Gasteiger partial charge in [0.1, 0.15) is 6.61 Å². The fraction of sp³-hybridized carbons (Fsp3) is 0.200. The van der Waals surface area contributed by atoms with Crippen LogP contribution >= 0.6 is 15.9 Å². The molecule has 106 valence electrons. The molecule has 0 bridgehead atoms. The Kier molecular flexibility index (Phi) is 5.09. The average molecular weight is 342 g/mol. The normalized spacial score (nSPS) is 10.6. The van der Waals surface area contributed by atoms with Gasteiger partial charge in [0.05, 0.1) is 0 Å². The molecule has 0 amide bonds. The van der Waals surface area contributed by atoms with Gasteiger partial charge in [0.15, 0.2) is 17.4 Å². The Morgan fingerprint density at radius 3 is 2.35 bits per heavy atom. The van der Waals surface area contributed by atoms with Gasteiger partial charge in [-0.3, -0.25) is 0 Å². The molecule has 5 heteroatoms. The Morgan fingerprint density at radius 1 is 1.05 bits per heavy atom. The van der Waals surface area contributed by atoms with E-state index in [2.05, 4.69) is 15.9 Å². The van der Waals surface area contributed by atoms with Gasteiger partial charge in [-0.2, -0.15) is 0 Å². The van der Waals surface area contributed by atoms with Crippen LogP contribution in [0.2, 0.25) is 0 Å². The first kappa shape index (κ1) is 14.9. The topological polar surface area (TPSA) is 35.2 Å². The fourth-order valence-corrected chi connectivity index (χ4v) is 2.29. The summed E-state index contributed by atoms with van der Waals surface area (Å²) in [6.45, 7) is 0.445. The molecule has 2 N–H and O–H groups in total. The lowest BCUT2D eigenvalue weighted by atomic mass is 10.1. The van der Waals surface area contributed by atoms with Gasteiger partial charge in [-0.05, 0) is 48.4 Å². The van der Waals surface area contributed by atoms with Gasteiger partial charge in [0, 0.05) is 4.47 Å². The maximum Gasteiger partial charge on any atom is 0.191 e. The van der Waals surface area contributed by atoms with Gasteiger partial charge < -0.3 is 10.5 Å². The Hall–Kier alpha value is -1.46. The number of hydrogen-bond acceptors (Lipinski definition) is 2. The molecule has 0 aliphatic carbocycles. The zero-order chi connectivity index (χ0) is 14.5. The molecule has 20 heavy (non-hydrogen) atoms. The number of ether oxygens (including phenoxy) is 1. The Labute approximate surface area is 124 Å². The van der Waals surface area contributed by atoms with Crippen molar-refractivity contribution >= 4 is 15.9 Å². The molecule has 0 fully saturated rings. The molecule has 0 aromatic heterocycles. The molecule has 0 aliphatic rings. The zero-order valence-electron chi connectivity index (χ0n) is 10.7. The van der Waals surface area contributed by atoms with E-state index in [1.807, 2.05) is 24.3 Å². The van der Waals surface area contributed by atoms with Crippen LogP contribution in [0.15, 0.2) is 40.9 Å². The average Bonchev–Trinajstić information content (AvgIpc) is 2.38. The Morgan fingerprint density at radius 2 is 1.75 bits per heavy atom. The first-order valence-electron chi connectivity index (χ1n) is 6.15. The van der Waals surface area contributed by atoms with E-state index in [0.29, 0.717) is 18.5 Å². The molecule has 2 aromatic carbocycles. The van der Waals surface area contributed by atoms with E-state index in [1.54, 1.807) is 0 Å². The minimum absolute atomic E-state index is 0.101. The molecule has 0 radical (unpaired) electrons. The van der Waals surface area contributed by atoms with Crippen molar-refractivity contribution in [1.82, 2.24) is 0 Å². The monoisotopic (exact) mass is 341 g/mol. The van der Waals surface area contributed by atoms with E-state index in [4.69, 9.17) is 10.5 Å². The zero-order valence-corrected chi connectivity index (χ0v) is 12.3. The fourth-order valence-electron chi connectivity index (χ4n) is 1.84. The van der Waals surface area contributed by atoms with Crippen LogP contribution in [0.25, 0.3) is 0 Å². The largest absolute Gasteiger partial charge is 0.483 e. The standard InChI is InChI=1S/C15H14BrF2NO/c16-12-3-1-2-11(6-12)9-20-15-13(17)7-10(4-5-19)8-14(15)18/h1-3,6-8H,4-5,9,19H2. The van der Waals surface area contributed by atoms with Crippen LogP contribution in [0, 0.1) is 11.6 Å². The van der Waals surface area contributed by atoms with Crippen molar-refractivity contribution in [1.29, 1.82) is 0 Å². The molecule has 0 unspecified atom stereocenters. The van der Waals surface area contributed by atoms with Crippen molar-refractivity contribution < 1.29 is 13.5 Å². The summed E-state index contributed by atoms with van der Waals surface area (Å²) in [4.78, 5) is 0. The second kappa shape index (κ2) is 6.81. The summed E-state index contributed by atoms with van der Waals surface area (Å²) < 4.78 is 33.7. The van der Waals surface area contributed by atoms with E-state index in [1.165, 1.54) is 12.1 Å². The summed E-state index contributed by atoms with van der Waals surface area (Å²) >= 11 is 3.33. The maximum atomic E-state index is 13.8.